The Morgan fingerprint density at radius 3 is 2.71 bits per heavy atom. The molecule has 0 spiro atoms. The van der Waals surface area contributed by atoms with Crippen LogP contribution in [0.4, 0.5) is 0 Å². The summed E-state index contributed by atoms with van der Waals surface area (Å²) in [4.78, 5) is 11.8. The van der Waals surface area contributed by atoms with Gasteiger partial charge in [0.1, 0.15) is 0 Å². The van der Waals surface area contributed by atoms with Gasteiger partial charge in [0, 0.05) is 29.7 Å². The van der Waals surface area contributed by atoms with E-state index >= 15 is 0 Å². The molecule has 0 unspecified atom stereocenters. The summed E-state index contributed by atoms with van der Waals surface area (Å²) in [5.74, 6) is 0.610. The van der Waals surface area contributed by atoms with Crippen molar-refractivity contribution in [2.24, 2.45) is 11.3 Å². The molecule has 2 rings (SSSR count). The third kappa shape index (κ3) is 3.96. The second kappa shape index (κ2) is 6.23. The molecular formula is C16H28N2O2S. The van der Waals surface area contributed by atoms with Crippen LogP contribution in [0.5, 0.6) is 0 Å². The Morgan fingerprint density at radius 1 is 1.48 bits per heavy atom. The molecule has 1 aliphatic rings. The quantitative estimate of drug-likeness (QED) is 0.878. The van der Waals surface area contributed by atoms with Gasteiger partial charge in [0.05, 0.1) is 6.61 Å². The average Bonchev–Trinajstić information content (AvgIpc) is 2.68. The smallest absolute Gasteiger partial charge is 0.307 e. The average molecular weight is 312 g/mol. The Morgan fingerprint density at radius 2 is 2.19 bits per heavy atom. The Hall–Kier alpha value is -0.650. The lowest BCUT2D eigenvalue weighted by Crippen LogP contribution is -2.56. The van der Waals surface area contributed by atoms with E-state index in [0.717, 1.165) is 25.1 Å². The summed E-state index contributed by atoms with van der Waals surface area (Å²) in [6, 6.07) is 0. The Labute approximate surface area is 131 Å². The van der Waals surface area contributed by atoms with Crippen LogP contribution in [0.2, 0.25) is 0 Å². The predicted octanol–water partition coefficient (Wildman–Crippen LogP) is 2.39. The van der Waals surface area contributed by atoms with Crippen molar-refractivity contribution in [1.29, 1.82) is 0 Å². The highest BCUT2D eigenvalue weighted by Gasteiger charge is 2.42. The largest absolute Gasteiger partial charge is 0.394 e. The molecule has 1 aliphatic carbocycles. The van der Waals surface area contributed by atoms with Crippen LogP contribution in [0.25, 0.3) is 0 Å². The zero-order valence-electron chi connectivity index (χ0n) is 13.6. The molecule has 1 saturated carbocycles. The Bertz CT molecular complexity index is 535. The van der Waals surface area contributed by atoms with E-state index in [9.17, 15) is 9.90 Å². The molecule has 1 fully saturated rings. The third-order valence-corrected chi connectivity index (χ3v) is 5.45. The number of rotatable bonds is 5. The maximum atomic E-state index is 11.7. The van der Waals surface area contributed by atoms with Crippen molar-refractivity contribution < 1.29 is 5.11 Å². The van der Waals surface area contributed by atoms with Crippen LogP contribution in [-0.4, -0.2) is 28.4 Å². The highest BCUT2D eigenvalue weighted by atomic mass is 32.1. The van der Waals surface area contributed by atoms with Crippen LogP contribution in [0.15, 0.2) is 10.2 Å². The summed E-state index contributed by atoms with van der Waals surface area (Å²) in [5, 5.41) is 15.4. The van der Waals surface area contributed by atoms with Crippen molar-refractivity contribution in [2.75, 3.05) is 13.2 Å². The zero-order valence-corrected chi connectivity index (χ0v) is 14.4. The van der Waals surface area contributed by atoms with Crippen molar-refractivity contribution in [3.63, 3.8) is 0 Å². The summed E-state index contributed by atoms with van der Waals surface area (Å²) in [7, 11) is 0. The molecule has 0 radical (unpaired) electrons. The molecule has 0 bridgehead atoms. The summed E-state index contributed by atoms with van der Waals surface area (Å²) < 4.78 is 1.81. The predicted molar refractivity (Wildman–Crippen MR) is 87.9 cm³/mol. The number of nitrogens with zero attached hydrogens (tertiary/aromatic N) is 1. The molecule has 0 aliphatic heterocycles. The number of aliphatic hydroxyl groups is 1. The minimum absolute atomic E-state index is 0.102. The second-order valence-corrected chi connectivity index (χ2v) is 8.33. The van der Waals surface area contributed by atoms with Crippen LogP contribution in [-0.2, 0) is 6.54 Å². The number of hydrogen-bond donors (Lipinski definition) is 2. The molecule has 120 valence electrons. The van der Waals surface area contributed by atoms with Gasteiger partial charge in [0.2, 0.25) is 0 Å². The Balaban J connectivity index is 2.01. The molecule has 1 aromatic rings. The van der Waals surface area contributed by atoms with Gasteiger partial charge in [-0.1, -0.05) is 32.1 Å². The van der Waals surface area contributed by atoms with Gasteiger partial charge in [-0.3, -0.25) is 4.79 Å². The number of nitrogens with one attached hydrogen (secondary N) is 1. The molecule has 1 aromatic heterocycles. The maximum absolute atomic E-state index is 11.7. The van der Waals surface area contributed by atoms with Crippen molar-refractivity contribution in [1.82, 2.24) is 9.88 Å². The number of thiazole rings is 1. The second-order valence-electron chi connectivity index (χ2n) is 7.51. The molecule has 0 amide bonds. The molecule has 1 heterocycles. The van der Waals surface area contributed by atoms with Crippen LogP contribution >= 0.6 is 11.3 Å². The molecule has 5 heteroatoms. The monoisotopic (exact) mass is 312 g/mol. The van der Waals surface area contributed by atoms with E-state index < -0.39 is 0 Å². The van der Waals surface area contributed by atoms with E-state index in [-0.39, 0.29) is 22.4 Å². The summed E-state index contributed by atoms with van der Waals surface area (Å²) >= 11 is 1.25. The van der Waals surface area contributed by atoms with Crippen molar-refractivity contribution in [3.05, 3.63) is 20.7 Å². The zero-order chi connectivity index (χ0) is 15.7. The molecule has 0 aromatic carbocycles. The van der Waals surface area contributed by atoms with E-state index in [1.807, 2.05) is 12.3 Å². The molecule has 2 atom stereocenters. The topological polar surface area (TPSA) is 54.3 Å². The fourth-order valence-electron chi connectivity index (χ4n) is 4.16. The lowest BCUT2D eigenvalue weighted by Gasteiger charge is -2.47. The number of aryl methyl sites for hydroxylation is 1. The molecule has 21 heavy (non-hydrogen) atoms. The van der Waals surface area contributed by atoms with Crippen LogP contribution in [0, 0.1) is 18.3 Å². The fraction of sp³-hybridized carbons (Fsp3) is 0.812. The van der Waals surface area contributed by atoms with Crippen molar-refractivity contribution >= 4 is 11.3 Å². The summed E-state index contributed by atoms with van der Waals surface area (Å²) in [6.07, 6.45) is 3.20. The first kappa shape index (κ1) is 16.7. The minimum Gasteiger partial charge on any atom is -0.394 e. The van der Waals surface area contributed by atoms with Gasteiger partial charge in [0.25, 0.3) is 0 Å². The van der Waals surface area contributed by atoms with Gasteiger partial charge in [0.15, 0.2) is 0 Å². The lowest BCUT2D eigenvalue weighted by atomic mass is 9.64. The highest BCUT2D eigenvalue weighted by Crippen LogP contribution is 2.43. The molecular weight excluding hydrogens is 284 g/mol. The Kier molecular flexibility index (Phi) is 4.96. The first-order chi connectivity index (χ1) is 9.77. The van der Waals surface area contributed by atoms with Gasteiger partial charge in [-0.25, -0.2) is 0 Å². The fourth-order valence-corrected chi connectivity index (χ4v) is 4.92. The van der Waals surface area contributed by atoms with Gasteiger partial charge < -0.3 is 15.0 Å². The normalized spacial score (nSPS) is 28.7. The van der Waals surface area contributed by atoms with Crippen molar-refractivity contribution in [2.45, 2.75) is 59.0 Å². The van der Waals surface area contributed by atoms with Crippen LogP contribution < -0.4 is 10.2 Å². The molecule has 2 N–H and O–H groups in total. The maximum Gasteiger partial charge on any atom is 0.307 e. The lowest BCUT2D eigenvalue weighted by molar-refractivity contribution is 0.0360. The van der Waals surface area contributed by atoms with Crippen LogP contribution in [0.3, 0.4) is 0 Å². The van der Waals surface area contributed by atoms with E-state index in [1.165, 1.54) is 17.8 Å². The third-order valence-electron chi connectivity index (χ3n) is 4.57. The summed E-state index contributed by atoms with van der Waals surface area (Å²) in [5.41, 5.74) is 1.07. The van der Waals surface area contributed by atoms with E-state index in [0.29, 0.717) is 12.5 Å². The van der Waals surface area contributed by atoms with Gasteiger partial charge in [-0.15, -0.1) is 0 Å². The SMILES string of the molecule is Cc1csc(=O)n1CCN[C@@]1(CO)C[C@H](C)CC(C)(C)C1. The highest BCUT2D eigenvalue weighted by molar-refractivity contribution is 7.07. The van der Waals surface area contributed by atoms with E-state index in [4.69, 9.17) is 0 Å². The first-order valence-corrected chi connectivity index (χ1v) is 8.66. The van der Waals surface area contributed by atoms with Gasteiger partial charge >= 0.3 is 4.87 Å². The standard InChI is InChI=1S/C16H28N2O2S/c1-12-7-15(3,4)10-16(8-12,11-19)17-5-6-18-13(2)9-21-14(18)20/h9,12,17,19H,5-8,10-11H2,1-4H3/t12-,16+/m1/s1. The molecule has 0 saturated heterocycles. The first-order valence-electron chi connectivity index (χ1n) is 7.78. The number of aliphatic hydroxyl groups excluding tert-OH is 1. The number of hydrogen-bond acceptors (Lipinski definition) is 4. The van der Waals surface area contributed by atoms with Crippen LogP contribution in [0.1, 0.15) is 45.7 Å². The minimum atomic E-state index is -0.200. The summed E-state index contributed by atoms with van der Waals surface area (Å²) in [6.45, 7) is 10.3. The molecule has 4 nitrogen and oxygen atoms in total. The number of aromatic nitrogens is 1. The van der Waals surface area contributed by atoms with Gasteiger partial charge in [-0.2, -0.15) is 0 Å². The van der Waals surface area contributed by atoms with Crippen molar-refractivity contribution in [3.8, 4) is 0 Å². The van der Waals surface area contributed by atoms with E-state index in [2.05, 4.69) is 26.1 Å². The van der Waals surface area contributed by atoms with Gasteiger partial charge in [-0.05, 0) is 37.5 Å². The van der Waals surface area contributed by atoms with E-state index in [1.54, 1.807) is 4.57 Å².